The van der Waals surface area contributed by atoms with Crippen LogP contribution in [-0.4, -0.2) is 81.8 Å². The molecule has 0 amide bonds. The zero-order chi connectivity index (χ0) is 39.7. The molecular formula is C32H12CoN8Na4O12S4. The van der Waals surface area contributed by atoms with Crippen molar-refractivity contribution in [1.29, 1.82) is 0 Å². The minimum atomic E-state index is -5.02. The minimum Gasteiger partial charge on any atom is -0.744 e. The Morgan fingerprint density at radius 1 is 0.344 bits per heavy atom. The predicted molar refractivity (Wildman–Crippen MR) is 186 cm³/mol. The molecule has 0 aliphatic carbocycles. The third-order valence-electron chi connectivity index (χ3n) is 8.74. The molecule has 289 valence electrons. The second-order valence-corrected chi connectivity index (χ2v) is 17.6. The summed E-state index contributed by atoms with van der Waals surface area (Å²) < 4.78 is 145. The number of nitrogens with zero attached hydrogens (tertiary/aromatic N) is 8. The molecule has 61 heavy (non-hydrogen) atoms. The molecule has 2 aliphatic rings. The molecule has 0 saturated carbocycles. The average Bonchev–Trinajstić information content (AvgIpc) is 3.84. The number of rotatable bonds is 4. The molecule has 29 heteroatoms. The van der Waals surface area contributed by atoms with Crippen molar-refractivity contribution in [1.82, 2.24) is 39.9 Å². The van der Waals surface area contributed by atoms with Crippen molar-refractivity contribution in [2.24, 2.45) is 0 Å². The van der Waals surface area contributed by atoms with E-state index in [9.17, 15) is 51.9 Å². The maximum absolute atomic E-state index is 12.0. The van der Waals surface area contributed by atoms with Crippen LogP contribution >= 0.6 is 0 Å². The summed E-state index contributed by atoms with van der Waals surface area (Å²) in [6.45, 7) is 0. The fourth-order valence-electron chi connectivity index (χ4n) is 6.20. The third kappa shape index (κ3) is 9.69. The molecule has 0 atom stereocenters. The number of hydrogen-bond donors (Lipinski definition) is 0. The molecule has 0 N–H and O–H groups in total. The zero-order valence-corrected chi connectivity index (χ0v) is 43.7. The van der Waals surface area contributed by atoms with Crippen LogP contribution in [0.15, 0.2) is 92.4 Å². The minimum absolute atomic E-state index is 0. The van der Waals surface area contributed by atoms with Gasteiger partial charge in [-0.1, -0.05) is 24.3 Å². The molecule has 3 aromatic heterocycles. The molecule has 20 nitrogen and oxygen atoms in total. The SMILES string of the molecule is O=S(=O)([O-])c1ccc2c(c1)-c1nc-2nc2[n-]c(nc3nc(nc4[n-]c(n1)c1ccc(S(=O)(=O)[O-])cc41)-c1ccc(S(=O)(=O)[O-])cc1-3)c1ccc(S(=O)(=O)[O-])cc21.[Co+2].[Na+].[Na+].[Na+].[Na+]. The van der Waals surface area contributed by atoms with Crippen LogP contribution in [0.2, 0.25) is 0 Å². The van der Waals surface area contributed by atoms with Gasteiger partial charge < -0.3 is 48.1 Å². The van der Waals surface area contributed by atoms with Crippen LogP contribution in [-0.2, 0) is 57.3 Å². The first-order valence-electron chi connectivity index (χ1n) is 15.3. The first-order valence-corrected chi connectivity index (χ1v) is 21.0. The van der Waals surface area contributed by atoms with E-state index in [1.54, 1.807) is 0 Å². The Morgan fingerprint density at radius 2 is 0.607 bits per heavy atom. The topological polar surface area (TPSA) is 334 Å². The van der Waals surface area contributed by atoms with Crippen LogP contribution in [0.25, 0.3) is 89.7 Å². The van der Waals surface area contributed by atoms with Crippen LogP contribution in [0.5, 0.6) is 0 Å². The molecular weight excluding hydrogens is 968 g/mol. The maximum atomic E-state index is 12.0. The molecule has 0 fully saturated rings. The van der Waals surface area contributed by atoms with Gasteiger partial charge in [0.25, 0.3) is 0 Å². The number of benzene rings is 4. The first kappa shape index (κ1) is 52.0. The molecule has 2 aliphatic heterocycles. The van der Waals surface area contributed by atoms with Crippen molar-refractivity contribution in [3.8, 4) is 45.6 Å². The largest absolute Gasteiger partial charge is 2.00 e. The first-order chi connectivity index (χ1) is 26.2. The van der Waals surface area contributed by atoms with Gasteiger partial charge in [0.05, 0.1) is 42.9 Å². The van der Waals surface area contributed by atoms with Gasteiger partial charge in [-0.15, -0.1) is 0 Å². The molecule has 0 spiro atoms. The second-order valence-electron chi connectivity index (χ2n) is 12.1. The molecule has 5 heterocycles. The van der Waals surface area contributed by atoms with Crippen LogP contribution in [0.1, 0.15) is 0 Å². The van der Waals surface area contributed by atoms with Gasteiger partial charge in [0.2, 0.25) is 0 Å². The summed E-state index contributed by atoms with van der Waals surface area (Å²) in [6, 6.07) is 12.8. The summed E-state index contributed by atoms with van der Waals surface area (Å²) in [5, 5.41) is 0.169. The van der Waals surface area contributed by atoms with Crippen molar-refractivity contribution >= 4 is 84.6 Å². The average molecular weight is 980 g/mol. The van der Waals surface area contributed by atoms with E-state index in [2.05, 4.69) is 39.9 Å². The number of fused-ring (bicyclic) bond motifs is 20. The maximum Gasteiger partial charge on any atom is 2.00 e. The van der Waals surface area contributed by atoms with Gasteiger partial charge in [-0.25, -0.2) is 43.6 Å². The van der Waals surface area contributed by atoms with Crippen molar-refractivity contribution in [3.05, 3.63) is 72.8 Å². The van der Waals surface area contributed by atoms with E-state index >= 15 is 0 Å². The Balaban J connectivity index is 0.00000164. The van der Waals surface area contributed by atoms with E-state index in [4.69, 9.17) is 0 Å². The van der Waals surface area contributed by atoms with E-state index in [0.29, 0.717) is 0 Å². The summed E-state index contributed by atoms with van der Waals surface area (Å²) in [5.74, 6) is -0.882. The normalized spacial score (nSPS) is 12.1. The van der Waals surface area contributed by atoms with Crippen LogP contribution in [0.4, 0.5) is 0 Å². The van der Waals surface area contributed by atoms with Crippen molar-refractivity contribution < 1.29 is 187 Å². The Morgan fingerprint density at radius 3 is 0.918 bits per heavy atom. The summed E-state index contributed by atoms with van der Waals surface area (Å²) in [4.78, 5) is 33.2. The summed E-state index contributed by atoms with van der Waals surface area (Å²) in [7, 11) is -20.1. The Labute approximate surface area is 443 Å². The van der Waals surface area contributed by atoms with E-state index in [1.165, 1.54) is 24.3 Å². The zero-order valence-electron chi connectivity index (χ0n) is 31.4. The molecule has 4 aromatic carbocycles. The Kier molecular flexibility index (Phi) is 15.6. The monoisotopic (exact) mass is 979 g/mol. The third-order valence-corrected chi connectivity index (χ3v) is 12.1. The summed E-state index contributed by atoms with van der Waals surface area (Å²) in [5.41, 5.74) is -0.712. The van der Waals surface area contributed by atoms with Crippen LogP contribution < -0.4 is 128 Å². The predicted octanol–water partition coefficient (Wildman–Crippen LogP) is -10.2. The fraction of sp³-hybridized carbons (Fsp3) is 0. The van der Waals surface area contributed by atoms with Gasteiger partial charge in [0.15, 0.2) is 0 Å². The summed E-state index contributed by atoms with van der Waals surface area (Å²) in [6.07, 6.45) is 0. The van der Waals surface area contributed by atoms with Crippen molar-refractivity contribution in [2.75, 3.05) is 0 Å². The van der Waals surface area contributed by atoms with Crippen LogP contribution in [0, 0.1) is 0 Å². The standard InChI is InChI=1S/C32H16N8O12S4.Co.4Na/c41-53(42,43)13-1-5-17-21(9-13)29-33-25(17)37-30-22-10-14(54(44,45)46)2-6-18(22)27(34-30)39-32-24-12-16(56(50,51)52)4-8-20(24)28(36-32)40-31-23-11-15(55(47,48)49)3-7-19(23)26(35-31)38-29;;;;;/h1-12H,(H4-2,33,34,35,36,37,38,39,40,41,42,43,44,45,46,47,48,49,50,51,52);;;;;/q-2;+2;4*+1/p-4. The molecule has 1 radical (unpaired) electrons. The fourth-order valence-corrected chi connectivity index (χ4v) is 8.19. The van der Waals surface area contributed by atoms with Crippen LogP contribution in [0.3, 0.4) is 0 Å². The van der Waals surface area contributed by atoms with E-state index in [-0.39, 0.29) is 225 Å². The number of aromatic nitrogens is 8. The van der Waals surface area contributed by atoms with Gasteiger partial charge in [0, 0.05) is 44.8 Å². The van der Waals surface area contributed by atoms with Crippen molar-refractivity contribution in [2.45, 2.75) is 19.6 Å². The Hall–Kier alpha value is -1.61. The Bertz CT molecular complexity index is 3400. The molecule has 7 aromatic rings. The van der Waals surface area contributed by atoms with Crippen molar-refractivity contribution in [3.63, 3.8) is 0 Å². The van der Waals surface area contributed by atoms with E-state index in [1.807, 2.05) is 0 Å². The van der Waals surface area contributed by atoms with Gasteiger partial charge in [0.1, 0.15) is 40.5 Å². The van der Waals surface area contributed by atoms with E-state index in [0.717, 1.165) is 48.5 Å². The smallest absolute Gasteiger partial charge is 0.744 e. The second kappa shape index (κ2) is 18.3. The molecule has 9 rings (SSSR count). The van der Waals surface area contributed by atoms with Gasteiger partial charge in [-0.3, -0.25) is 0 Å². The van der Waals surface area contributed by atoms with Gasteiger partial charge in [-0.2, -0.15) is 0 Å². The van der Waals surface area contributed by atoms with E-state index < -0.39 is 60.1 Å². The summed E-state index contributed by atoms with van der Waals surface area (Å²) >= 11 is 0. The molecule has 0 unspecified atom stereocenters. The molecule has 8 bridgehead atoms. The van der Waals surface area contributed by atoms with Gasteiger partial charge >= 0.3 is 135 Å². The van der Waals surface area contributed by atoms with Gasteiger partial charge in [-0.05, 0) is 70.1 Å². The quantitative estimate of drug-likeness (QED) is 0.117. The molecule has 0 saturated heterocycles. The number of hydrogen-bond acceptors (Lipinski definition) is 18.